The minimum Gasteiger partial charge on any atom is -0.390 e. The molecule has 1 saturated carbocycles. The molecular formula is C13H15FN2O2. The van der Waals surface area contributed by atoms with Gasteiger partial charge in [0, 0.05) is 31.4 Å². The van der Waals surface area contributed by atoms with Crippen molar-refractivity contribution in [3.05, 3.63) is 30.1 Å². The van der Waals surface area contributed by atoms with E-state index < -0.39 is 12.3 Å². The Morgan fingerprint density at radius 2 is 2.33 bits per heavy atom. The highest BCUT2D eigenvalue weighted by atomic mass is 19.1. The molecule has 0 bridgehead atoms. The quantitative estimate of drug-likeness (QED) is 0.804. The lowest BCUT2D eigenvalue weighted by atomic mass is 9.99. The van der Waals surface area contributed by atoms with Crippen LogP contribution in [0.15, 0.2) is 24.5 Å². The maximum atomic E-state index is 13.3. The molecule has 1 aromatic rings. The van der Waals surface area contributed by atoms with E-state index in [-0.39, 0.29) is 17.7 Å². The Hall–Kier alpha value is -1.49. The number of hydrogen-bond donors (Lipinski definition) is 1. The minimum absolute atomic E-state index is 0.0832. The summed E-state index contributed by atoms with van der Waals surface area (Å²) in [6.45, 7) is 0.982. The van der Waals surface area contributed by atoms with Gasteiger partial charge in [-0.25, -0.2) is 4.39 Å². The Morgan fingerprint density at radius 1 is 1.50 bits per heavy atom. The summed E-state index contributed by atoms with van der Waals surface area (Å²) >= 11 is 0. The first-order chi connectivity index (χ1) is 8.66. The van der Waals surface area contributed by atoms with Crippen molar-refractivity contribution >= 4 is 5.91 Å². The zero-order valence-electron chi connectivity index (χ0n) is 9.87. The van der Waals surface area contributed by atoms with E-state index in [1.807, 2.05) is 0 Å². The Kier molecular flexibility index (Phi) is 2.78. The second-order valence-electron chi connectivity index (χ2n) is 5.12. The van der Waals surface area contributed by atoms with Gasteiger partial charge in [0.1, 0.15) is 6.17 Å². The topological polar surface area (TPSA) is 53.4 Å². The van der Waals surface area contributed by atoms with Gasteiger partial charge in [-0.05, 0) is 24.5 Å². The van der Waals surface area contributed by atoms with Crippen LogP contribution in [0, 0.1) is 11.8 Å². The largest absolute Gasteiger partial charge is 0.390 e. The number of nitrogens with zero attached hydrogens (tertiary/aromatic N) is 2. The van der Waals surface area contributed by atoms with Gasteiger partial charge in [0.25, 0.3) is 5.91 Å². The number of halogens is 1. The zero-order valence-corrected chi connectivity index (χ0v) is 9.87. The van der Waals surface area contributed by atoms with E-state index in [4.69, 9.17) is 0 Å². The molecule has 4 atom stereocenters. The number of amides is 1. The van der Waals surface area contributed by atoms with Crippen LogP contribution in [0.3, 0.4) is 0 Å². The molecule has 2 aliphatic rings. The summed E-state index contributed by atoms with van der Waals surface area (Å²) < 4.78 is 13.3. The average Bonchev–Trinajstić information content (AvgIpc) is 2.91. The fraction of sp³-hybridized carbons (Fsp3) is 0.538. The number of aliphatic hydroxyl groups is 1. The zero-order chi connectivity index (χ0) is 12.7. The van der Waals surface area contributed by atoms with Gasteiger partial charge in [0.2, 0.25) is 0 Å². The average molecular weight is 250 g/mol. The van der Waals surface area contributed by atoms with Crippen LogP contribution in [0.4, 0.5) is 4.39 Å². The summed E-state index contributed by atoms with van der Waals surface area (Å²) in [6.07, 6.45) is 1.47. The summed E-state index contributed by atoms with van der Waals surface area (Å²) in [5, 5.41) is 9.71. The summed E-state index contributed by atoms with van der Waals surface area (Å²) in [5.74, 6) is -0.101. The van der Waals surface area contributed by atoms with Gasteiger partial charge >= 0.3 is 0 Å². The second-order valence-corrected chi connectivity index (χ2v) is 5.12. The number of hydrogen-bond acceptors (Lipinski definition) is 3. The number of carbonyl (C=O) groups excluding carboxylic acids is 1. The van der Waals surface area contributed by atoms with Gasteiger partial charge in [-0.2, -0.15) is 0 Å². The summed E-state index contributed by atoms with van der Waals surface area (Å²) in [7, 11) is 0. The third-order valence-electron chi connectivity index (χ3n) is 4.02. The monoisotopic (exact) mass is 250 g/mol. The van der Waals surface area contributed by atoms with E-state index >= 15 is 0 Å². The van der Waals surface area contributed by atoms with Crippen LogP contribution in [0.5, 0.6) is 0 Å². The number of likely N-dealkylation sites (tertiary alicyclic amines) is 1. The van der Waals surface area contributed by atoms with Crippen molar-refractivity contribution in [2.75, 3.05) is 13.1 Å². The number of rotatable bonds is 1. The van der Waals surface area contributed by atoms with E-state index in [1.165, 1.54) is 6.20 Å². The first-order valence-electron chi connectivity index (χ1n) is 6.18. The third kappa shape index (κ3) is 1.79. The molecule has 1 N–H and O–H groups in total. The number of alkyl halides is 1. The van der Waals surface area contributed by atoms with Crippen LogP contribution in [-0.4, -0.2) is 46.3 Å². The van der Waals surface area contributed by atoms with Gasteiger partial charge in [-0.15, -0.1) is 0 Å². The highest BCUT2D eigenvalue weighted by molar-refractivity contribution is 5.94. The van der Waals surface area contributed by atoms with E-state index in [1.54, 1.807) is 23.2 Å². The summed E-state index contributed by atoms with van der Waals surface area (Å²) in [4.78, 5) is 17.8. The minimum atomic E-state index is -1.13. The third-order valence-corrected chi connectivity index (χ3v) is 4.02. The molecule has 0 radical (unpaired) electrons. The van der Waals surface area contributed by atoms with Crippen molar-refractivity contribution in [2.24, 2.45) is 11.8 Å². The highest BCUT2D eigenvalue weighted by Gasteiger charge is 2.48. The number of pyridine rings is 1. The predicted octanol–water partition coefficient (Wildman–Crippen LogP) is 0.873. The van der Waals surface area contributed by atoms with Crippen molar-refractivity contribution < 1.29 is 14.3 Å². The molecule has 2 heterocycles. The Morgan fingerprint density at radius 3 is 3.00 bits per heavy atom. The van der Waals surface area contributed by atoms with Crippen LogP contribution in [0.25, 0.3) is 0 Å². The van der Waals surface area contributed by atoms with Gasteiger partial charge in [0.15, 0.2) is 0 Å². The molecule has 1 aliphatic heterocycles. The highest BCUT2D eigenvalue weighted by Crippen LogP contribution is 2.40. The molecule has 0 aromatic carbocycles. The summed E-state index contributed by atoms with van der Waals surface area (Å²) in [5.41, 5.74) is 0.545. The fourth-order valence-electron chi connectivity index (χ4n) is 3.07. The molecule has 0 spiro atoms. The number of aliphatic hydroxyl groups excluding tert-OH is 1. The molecule has 1 aromatic heterocycles. The lowest BCUT2D eigenvalue weighted by molar-refractivity contribution is 0.0578. The summed E-state index contributed by atoms with van der Waals surface area (Å²) in [6, 6.07) is 3.44. The van der Waals surface area contributed by atoms with E-state index in [9.17, 15) is 14.3 Å². The van der Waals surface area contributed by atoms with E-state index in [0.717, 1.165) is 0 Å². The van der Waals surface area contributed by atoms with Gasteiger partial charge in [-0.1, -0.05) is 0 Å². The van der Waals surface area contributed by atoms with Crippen LogP contribution in [0.2, 0.25) is 0 Å². The van der Waals surface area contributed by atoms with E-state index in [2.05, 4.69) is 4.98 Å². The standard InChI is InChI=1S/C13H15FN2O2/c14-11-4-9-6-16(7-10(9)12(11)17)13(18)8-2-1-3-15-5-8/h1-3,5,9-12,17H,4,6-7H2/t9-,10+,11+,12+/m0/s1. The molecule has 1 saturated heterocycles. The smallest absolute Gasteiger partial charge is 0.255 e. The van der Waals surface area contributed by atoms with Crippen LogP contribution < -0.4 is 0 Å². The SMILES string of the molecule is O=C(c1cccnc1)N1C[C@@H]2C[C@@H](F)[C@H](O)[C@@H]2C1. The Balaban J connectivity index is 1.72. The fourth-order valence-corrected chi connectivity index (χ4v) is 3.07. The van der Waals surface area contributed by atoms with Crippen molar-refractivity contribution in [1.29, 1.82) is 0 Å². The van der Waals surface area contributed by atoms with E-state index in [0.29, 0.717) is 25.1 Å². The molecular weight excluding hydrogens is 235 g/mol. The lowest BCUT2D eigenvalue weighted by Gasteiger charge is -2.19. The Labute approximate surface area is 104 Å². The van der Waals surface area contributed by atoms with Gasteiger partial charge in [-0.3, -0.25) is 9.78 Å². The molecule has 3 rings (SSSR count). The van der Waals surface area contributed by atoms with Crippen molar-refractivity contribution in [3.63, 3.8) is 0 Å². The first-order valence-corrected chi connectivity index (χ1v) is 6.18. The number of aromatic nitrogens is 1. The second kappa shape index (κ2) is 4.31. The molecule has 4 nitrogen and oxygen atoms in total. The number of carbonyl (C=O) groups is 1. The normalized spacial score (nSPS) is 34.7. The molecule has 0 unspecified atom stereocenters. The van der Waals surface area contributed by atoms with Crippen molar-refractivity contribution in [1.82, 2.24) is 9.88 Å². The van der Waals surface area contributed by atoms with Gasteiger partial charge < -0.3 is 10.0 Å². The van der Waals surface area contributed by atoms with Crippen LogP contribution in [0.1, 0.15) is 16.8 Å². The van der Waals surface area contributed by atoms with Crippen LogP contribution in [-0.2, 0) is 0 Å². The molecule has 1 amide bonds. The molecule has 5 heteroatoms. The first kappa shape index (κ1) is 11.6. The molecule has 96 valence electrons. The molecule has 2 fully saturated rings. The van der Waals surface area contributed by atoms with Crippen molar-refractivity contribution in [2.45, 2.75) is 18.7 Å². The van der Waals surface area contributed by atoms with Gasteiger partial charge in [0.05, 0.1) is 11.7 Å². The predicted molar refractivity (Wildman–Crippen MR) is 62.6 cm³/mol. The van der Waals surface area contributed by atoms with Crippen molar-refractivity contribution in [3.8, 4) is 0 Å². The molecule has 18 heavy (non-hydrogen) atoms. The maximum absolute atomic E-state index is 13.3. The lowest BCUT2D eigenvalue weighted by Crippen LogP contribution is -2.33. The van der Waals surface area contributed by atoms with Crippen LogP contribution >= 0.6 is 0 Å². The molecule has 1 aliphatic carbocycles. The Bertz CT molecular complexity index is 454. The number of fused-ring (bicyclic) bond motifs is 1. The maximum Gasteiger partial charge on any atom is 0.255 e.